The number of nitrogens with zero attached hydrogens (tertiary/aromatic N) is 2. The first-order valence-electron chi connectivity index (χ1n) is 7.55. The maximum atomic E-state index is 10.6. The minimum Gasteiger partial charge on any atom is -0.504 e. The van der Waals surface area contributed by atoms with Crippen molar-refractivity contribution in [3.8, 4) is 22.7 Å². The molecule has 3 aromatic rings. The molecule has 0 aliphatic carbocycles. The summed E-state index contributed by atoms with van der Waals surface area (Å²) in [6, 6.07) is 16.3. The topological polar surface area (TPSA) is 38.0 Å². The Morgan fingerprint density at radius 2 is 1.45 bits per heavy atom. The van der Waals surface area contributed by atoms with Gasteiger partial charge in [0.05, 0.1) is 5.69 Å². The van der Waals surface area contributed by atoms with Crippen LogP contribution in [0.2, 0.25) is 0 Å². The molecule has 112 valence electrons. The third-order valence-electron chi connectivity index (χ3n) is 3.87. The molecule has 3 heteroatoms. The summed E-state index contributed by atoms with van der Waals surface area (Å²) in [4.78, 5) is 0. The molecule has 3 nitrogen and oxygen atoms in total. The van der Waals surface area contributed by atoms with E-state index in [1.165, 1.54) is 11.1 Å². The van der Waals surface area contributed by atoms with Gasteiger partial charge in [0, 0.05) is 5.56 Å². The number of benzene rings is 2. The van der Waals surface area contributed by atoms with E-state index in [4.69, 9.17) is 0 Å². The molecular weight excluding hydrogens is 272 g/mol. The number of aryl methyl sites for hydroxylation is 3. The summed E-state index contributed by atoms with van der Waals surface area (Å²) in [5, 5.41) is 15.2. The molecule has 0 spiro atoms. The van der Waals surface area contributed by atoms with Gasteiger partial charge in [-0.15, -0.1) is 0 Å². The van der Waals surface area contributed by atoms with Crippen LogP contribution in [0.1, 0.15) is 23.7 Å². The molecule has 1 heterocycles. The third-order valence-corrected chi connectivity index (χ3v) is 3.87. The van der Waals surface area contributed by atoms with Crippen molar-refractivity contribution in [1.29, 1.82) is 0 Å². The van der Waals surface area contributed by atoms with Crippen molar-refractivity contribution in [2.45, 2.75) is 27.2 Å². The largest absolute Gasteiger partial charge is 0.504 e. The average molecular weight is 292 g/mol. The molecule has 1 aromatic heterocycles. The number of aromatic nitrogens is 2. The van der Waals surface area contributed by atoms with Crippen molar-refractivity contribution in [2.24, 2.45) is 0 Å². The Bertz CT molecular complexity index is 784. The van der Waals surface area contributed by atoms with Gasteiger partial charge in [0.25, 0.3) is 0 Å². The van der Waals surface area contributed by atoms with Gasteiger partial charge in [-0.2, -0.15) is 5.10 Å². The summed E-state index contributed by atoms with van der Waals surface area (Å²) in [5.74, 6) is 0.270. The van der Waals surface area contributed by atoms with E-state index in [9.17, 15) is 5.11 Å². The van der Waals surface area contributed by atoms with Crippen LogP contribution in [0.15, 0.2) is 48.5 Å². The highest BCUT2D eigenvalue weighted by Gasteiger charge is 2.18. The van der Waals surface area contributed by atoms with E-state index in [1.807, 2.05) is 48.0 Å². The molecule has 0 aliphatic rings. The summed E-state index contributed by atoms with van der Waals surface area (Å²) < 4.78 is 1.83. The van der Waals surface area contributed by atoms with E-state index in [-0.39, 0.29) is 5.75 Å². The maximum Gasteiger partial charge on any atom is 0.165 e. The highest BCUT2D eigenvalue weighted by atomic mass is 16.3. The number of hydrogen-bond acceptors (Lipinski definition) is 2. The van der Waals surface area contributed by atoms with Crippen molar-refractivity contribution in [3.05, 3.63) is 65.4 Å². The Balaban J connectivity index is 2.21. The Morgan fingerprint density at radius 1 is 0.909 bits per heavy atom. The van der Waals surface area contributed by atoms with E-state index in [1.54, 1.807) is 0 Å². The summed E-state index contributed by atoms with van der Waals surface area (Å²) in [6.07, 6.45) is 0.698. The predicted molar refractivity (Wildman–Crippen MR) is 89.5 cm³/mol. The monoisotopic (exact) mass is 292 g/mol. The highest BCUT2D eigenvalue weighted by molar-refractivity contribution is 5.70. The Morgan fingerprint density at radius 3 is 2.00 bits per heavy atom. The minimum absolute atomic E-state index is 0.270. The molecule has 0 radical (unpaired) electrons. The van der Waals surface area contributed by atoms with Gasteiger partial charge >= 0.3 is 0 Å². The zero-order valence-corrected chi connectivity index (χ0v) is 13.2. The average Bonchev–Trinajstić information content (AvgIpc) is 2.86. The van der Waals surface area contributed by atoms with Crippen LogP contribution in [0, 0.1) is 13.8 Å². The second kappa shape index (κ2) is 5.68. The molecule has 0 saturated carbocycles. The lowest BCUT2D eigenvalue weighted by Gasteiger charge is -2.08. The van der Waals surface area contributed by atoms with Crippen LogP contribution in [0.5, 0.6) is 5.75 Å². The van der Waals surface area contributed by atoms with Crippen LogP contribution in [0.4, 0.5) is 0 Å². The molecule has 0 aliphatic heterocycles. The first kappa shape index (κ1) is 14.4. The molecule has 2 aromatic carbocycles. The van der Waals surface area contributed by atoms with Crippen LogP contribution < -0.4 is 0 Å². The summed E-state index contributed by atoms with van der Waals surface area (Å²) in [7, 11) is 0. The fraction of sp³-hybridized carbons (Fsp3) is 0.211. The fourth-order valence-electron chi connectivity index (χ4n) is 2.54. The van der Waals surface area contributed by atoms with Crippen molar-refractivity contribution in [1.82, 2.24) is 9.78 Å². The van der Waals surface area contributed by atoms with E-state index >= 15 is 0 Å². The van der Waals surface area contributed by atoms with Gasteiger partial charge in [0.15, 0.2) is 5.75 Å². The van der Waals surface area contributed by atoms with E-state index < -0.39 is 0 Å². The smallest absolute Gasteiger partial charge is 0.165 e. The van der Waals surface area contributed by atoms with Crippen LogP contribution in [-0.4, -0.2) is 14.9 Å². The van der Waals surface area contributed by atoms with Gasteiger partial charge in [-0.3, -0.25) is 0 Å². The van der Waals surface area contributed by atoms with Gasteiger partial charge in [-0.1, -0.05) is 54.4 Å². The second-order valence-corrected chi connectivity index (χ2v) is 5.61. The predicted octanol–water partition coefficient (Wildman–Crippen LogP) is 4.42. The summed E-state index contributed by atoms with van der Waals surface area (Å²) in [6.45, 7) is 6.11. The lowest BCUT2D eigenvalue weighted by Crippen LogP contribution is -1.99. The Kier molecular flexibility index (Phi) is 3.72. The lowest BCUT2D eigenvalue weighted by atomic mass is 10.1. The second-order valence-electron chi connectivity index (χ2n) is 5.61. The van der Waals surface area contributed by atoms with Crippen LogP contribution in [-0.2, 0) is 6.42 Å². The standard InChI is InChI=1S/C19H20N2O/c1-4-17-19(22)18(15-9-5-13(2)6-10-15)21(20-17)16-11-7-14(3)8-12-16/h5-12,22H,4H2,1-3H3. The first-order valence-corrected chi connectivity index (χ1v) is 7.55. The Hall–Kier alpha value is -2.55. The van der Waals surface area contributed by atoms with Gasteiger partial charge in [-0.25, -0.2) is 4.68 Å². The molecule has 0 amide bonds. The van der Waals surface area contributed by atoms with Crippen molar-refractivity contribution in [2.75, 3.05) is 0 Å². The Labute approximate surface area is 130 Å². The highest BCUT2D eigenvalue weighted by Crippen LogP contribution is 2.34. The quantitative estimate of drug-likeness (QED) is 0.775. The van der Waals surface area contributed by atoms with Crippen molar-refractivity contribution >= 4 is 0 Å². The van der Waals surface area contributed by atoms with Crippen molar-refractivity contribution in [3.63, 3.8) is 0 Å². The van der Waals surface area contributed by atoms with E-state index in [0.29, 0.717) is 6.42 Å². The van der Waals surface area contributed by atoms with E-state index in [0.717, 1.165) is 22.6 Å². The molecule has 0 atom stereocenters. The summed E-state index contributed by atoms with van der Waals surface area (Å²) in [5.41, 5.74) is 5.79. The van der Waals surface area contributed by atoms with Crippen LogP contribution in [0.3, 0.4) is 0 Å². The fourth-order valence-corrected chi connectivity index (χ4v) is 2.54. The molecule has 1 N–H and O–H groups in total. The zero-order chi connectivity index (χ0) is 15.7. The molecule has 0 fully saturated rings. The number of hydrogen-bond donors (Lipinski definition) is 1. The first-order chi connectivity index (χ1) is 10.6. The molecule has 22 heavy (non-hydrogen) atoms. The molecule has 0 saturated heterocycles. The maximum absolute atomic E-state index is 10.6. The third kappa shape index (κ3) is 2.50. The minimum atomic E-state index is 0.270. The molecule has 0 bridgehead atoms. The van der Waals surface area contributed by atoms with Gasteiger partial charge in [0.2, 0.25) is 0 Å². The van der Waals surface area contributed by atoms with Gasteiger partial charge < -0.3 is 5.11 Å². The van der Waals surface area contributed by atoms with Crippen LogP contribution >= 0.6 is 0 Å². The normalized spacial score (nSPS) is 10.9. The number of aromatic hydroxyl groups is 1. The number of rotatable bonds is 3. The van der Waals surface area contributed by atoms with Crippen LogP contribution in [0.25, 0.3) is 16.9 Å². The lowest BCUT2D eigenvalue weighted by molar-refractivity contribution is 0.471. The van der Waals surface area contributed by atoms with Crippen molar-refractivity contribution < 1.29 is 5.11 Å². The SMILES string of the molecule is CCc1nn(-c2ccc(C)cc2)c(-c2ccc(C)cc2)c1O. The summed E-state index contributed by atoms with van der Waals surface area (Å²) >= 11 is 0. The molecule has 3 rings (SSSR count). The van der Waals surface area contributed by atoms with Gasteiger partial charge in [0.1, 0.15) is 11.4 Å². The zero-order valence-electron chi connectivity index (χ0n) is 13.2. The van der Waals surface area contributed by atoms with Gasteiger partial charge in [-0.05, 0) is 32.4 Å². The van der Waals surface area contributed by atoms with E-state index in [2.05, 4.69) is 31.1 Å². The molecular formula is C19H20N2O. The molecule has 0 unspecified atom stereocenters.